The predicted octanol–water partition coefficient (Wildman–Crippen LogP) is 2.39. The summed E-state index contributed by atoms with van der Waals surface area (Å²) >= 11 is 0. The molecule has 3 aliphatic rings. The SMILES string of the molecule is C=C(/C=C\C=C/C)[C@@H]1CNCCN1C(=O)N1CC[C@@](O)(Cn2cnc(N(C)C)cc2=O)C2(CCCC2)C1. The number of piperazine rings is 1. The van der Waals surface area contributed by atoms with Gasteiger partial charge in [0.1, 0.15) is 5.82 Å². The number of likely N-dealkylation sites (tertiary alicyclic amines) is 1. The van der Waals surface area contributed by atoms with Gasteiger partial charge in [-0.1, -0.05) is 43.7 Å². The molecule has 1 aliphatic carbocycles. The summed E-state index contributed by atoms with van der Waals surface area (Å²) in [5.74, 6) is 0.594. The monoisotopic (exact) mass is 510 g/mol. The van der Waals surface area contributed by atoms with Crippen molar-refractivity contribution < 1.29 is 9.90 Å². The molecule has 0 bridgehead atoms. The molecule has 9 nitrogen and oxygen atoms in total. The highest BCUT2D eigenvalue weighted by atomic mass is 16.3. The van der Waals surface area contributed by atoms with Crippen molar-refractivity contribution in [3.8, 4) is 0 Å². The van der Waals surface area contributed by atoms with Crippen molar-refractivity contribution in [1.29, 1.82) is 0 Å². The fourth-order valence-electron chi connectivity index (χ4n) is 6.17. The van der Waals surface area contributed by atoms with Crippen LogP contribution in [0.2, 0.25) is 0 Å². The first-order valence-corrected chi connectivity index (χ1v) is 13.4. The number of carbonyl (C=O) groups excluding carboxylic acids is 1. The van der Waals surface area contributed by atoms with Crippen LogP contribution in [0.3, 0.4) is 0 Å². The van der Waals surface area contributed by atoms with Crippen LogP contribution in [0.4, 0.5) is 10.6 Å². The van der Waals surface area contributed by atoms with Crippen LogP contribution in [0.15, 0.2) is 53.6 Å². The highest BCUT2D eigenvalue weighted by Gasteiger charge is 2.56. The van der Waals surface area contributed by atoms with E-state index < -0.39 is 11.0 Å². The number of anilines is 1. The molecule has 0 aromatic carbocycles. The largest absolute Gasteiger partial charge is 0.387 e. The lowest BCUT2D eigenvalue weighted by atomic mass is 9.66. The van der Waals surface area contributed by atoms with Crippen LogP contribution in [0, 0.1) is 5.41 Å². The summed E-state index contributed by atoms with van der Waals surface area (Å²) < 4.78 is 1.53. The summed E-state index contributed by atoms with van der Waals surface area (Å²) in [4.78, 5) is 36.7. The number of nitrogens with zero attached hydrogens (tertiary/aromatic N) is 5. The first-order chi connectivity index (χ1) is 17.7. The standard InChI is InChI=1S/C28H42N6O3/c1-5-6-7-10-22(2)23-18-29-14-16-34(23)26(36)32-15-13-28(37,27(19-32)11-8-9-12-27)20-33-21-30-24(31(3)4)17-25(33)35/h5-7,10,17,21,23,29,37H,2,8-9,11-16,18-20H2,1,3-4H3/b6-5-,10-7-/t23-,28+/m0/s1. The number of rotatable bonds is 6. The maximum Gasteiger partial charge on any atom is 0.320 e. The molecule has 9 heteroatoms. The summed E-state index contributed by atoms with van der Waals surface area (Å²) in [6, 6.07) is 1.41. The lowest BCUT2D eigenvalue weighted by molar-refractivity contribution is -0.136. The molecule has 37 heavy (non-hydrogen) atoms. The number of hydrogen-bond acceptors (Lipinski definition) is 6. The zero-order valence-corrected chi connectivity index (χ0v) is 22.5. The van der Waals surface area contributed by atoms with Crippen LogP contribution in [0.1, 0.15) is 39.0 Å². The summed E-state index contributed by atoms with van der Waals surface area (Å²) in [6.45, 7) is 9.38. The molecule has 1 aromatic rings. The minimum Gasteiger partial charge on any atom is -0.387 e. The number of aliphatic hydroxyl groups is 1. The normalized spacial score (nSPS) is 25.9. The Labute approximate surface area is 220 Å². The van der Waals surface area contributed by atoms with E-state index >= 15 is 0 Å². The van der Waals surface area contributed by atoms with E-state index in [0.717, 1.165) is 37.8 Å². The van der Waals surface area contributed by atoms with Crippen molar-refractivity contribution in [2.45, 2.75) is 57.2 Å². The fraction of sp³-hybridized carbons (Fsp3) is 0.607. The van der Waals surface area contributed by atoms with Gasteiger partial charge in [-0.3, -0.25) is 9.36 Å². The van der Waals surface area contributed by atoms with Crippen LogP contribution < -0.4 is 15.8 Å². The van der Waals surface area contributed by atoms with E-state index in [2.05, 4.69) is 16.9 Å². The van der Waals surface area contributed by atoms with Gasteiger partial charge in [-0.25, -0.2) is 9.78 Å². The quantitative estimate of drug-likeness (QED) is 0.571. The summed E-state index contributed by atoms with van der Waals surface area (Å²) in [5.41, 5.74) is -0.789. The molecule has 2 amide bonds. The molecule has 4 rings (SSSR count). The Kier molecular flexibility index (Phi) is 8.23. The number of aromatic nitrogens is 2. The molecular formula is C28H42N6O3. The Hall–Kier alpha value is -2.91. The van der Waals surface area contributed by atoms with E-state index in [1.54, 1.807) is 4.90 Å². The zero-order chi connectivity index (χ0) is 26.6. The van der Waals surface area contributed by atoms with Crippen molar-refractivity contribution in [1.82, 2.24) is 24.7 Å². The van der Waals surface area contributed by atoms with Crippen LogP contribution in [0.5, 0.6) is 0 Å². The molecule has 1 saturated carbocycles. The predicted molar refractivity (Wildman–Crippen MR) is 147 cm³/mol. The summed E-state index contributed by atoms with van der Waals surface area (Å²) in [7, 11) is 3.69. The average Bonchev–Trinajstić information content (AvgIpc) is 3.36. The molecule has 1 spiro atoms. The topological polar surface area (TPSA) is 93.9 Å². The van der Waals surface area contributed by atoms with Crippen LogP contribution >= 0.6 is 0 Å². The minimum absolute atomic E-state index is 0.00887. The summed E-state index contributed by atoms with van der Waals surface area (Å²) in [6.07, 6.45) is 13.5. The Balaban J connectivity index is 1.54. The first kappa shape index (κ1) is 27.1. The minimum atomic E-state index is -1.08. The van der Waals surface area contributed by atoms with Gasteiger partial charge in [0.25, 0.3) is 5.56 Å². The fourth-order valence-corrected chi connectivity index (χ4v) is 6.17. The van der Waals surface area contributed by atoms with Gasteiger partial charge in [0.05, 0.1) is 24.5 Å². The second-order valence-electron chi connectivity index (χ2n) is 11.0. The van der Waals surface area contributed by atoms with E-state index in [0.29, 0.717) is 38.4 Å². The van der Waals surface area contributed by atoms with E-state index in [1.165, 1.54) is 17.0 Å². The van der Waals surface area contributed by atoms with E-state index in [9.17, 15) is 14.7 Å². The zero-order valence-electron chi connectivity index (χ0n) is 22.5. The number of nitrogens with one attached hydrogen (secondary N) is 1. The number of urea groups is 1. The molecule has 3 fully saturated rings. The van der Waals surface area contributed by atoms with Crippen LogP contribution in [-0.2, 0) is 6.54 Å². The van der Waals surface area contributed by atoms with Crippen molar-refractivity contribution in [3.63, 3.8) is 0 Å². The van der Waals surface area contributed by atoms with Gasteiger partial charge in [-0.2, -0.15) is 0 Å². The first-order valence-electron chi connectivity index (χ1n) is 13.4. The molecule has 2 saturated heterocycles. The number of allylic oxidation sites excluding steroid dienone is 3. The molecule has 0 radical (unpaired) electrons. The highest BCUT2D eigenvalue weighted by molar-refractivity contribution is 5.76. The van der Waals surface area contributed by atoms with Crippen molar-refractivity contribution in [3.05, 3.63) is 59.2 Å². The third kappa shape index (κ3) is 5.52. The Morgan fingerprint density at radius 1 is 1.27 bits per heavy atom. The van der Waals surface area contributed by atoms with Crippen molar-refractivity contribution in [2.24, 2.45) is 5.41 Å². The smallest absolute Gasteiger partial charge is 0.320 e. The average molecular weight is 511 g/mol. The third-order valence-corrected chi connectivity index (χ3v) is 8.39. The maximum absolute atomic E-state index is 13.9. The molecule has 2 aliphatic heterocycles. The van der Waals surface area contributed by atoms with Gasteiger partial charge in [-0.05, 0) is 31.8 Å². The van der Waals surface area contributed by atoms with Gasteiger partial charge in [0.2, 0.25) is 0 Å². The number of carbonyl (C=O) groups is 1. The molecule has 2 atom stereocenters. The highest BCUT2D eigenvalue weighted by Crippen LogP contribution is 2.51. The van der Waals surface area contributed by atoms with Gasteiger partial charge in [0, 0.05) is 58.3 Å². The molecular weight excluding hydrogens is 468 g/mol. The van der Waals surface area contributed by atoms with Gasteiger partial charge >= 0.3 is 6.03 Å². The lowest BCUT2D eigenvalue weighted by Gasteiger charge is -2.53. The van der Waals surface area contributed by atoms with Crippen LogP contribution in [-0.4, -0.2) is 89.0 Å². The van der Waals surface area contributed by atoms with Gasteiger partial charge in [-0.15, -0.1) is 0 Å². The molecule has 2 N–H and O–H groups in total. The summed E-state index contributed by atoms with van der Waals surface area (Å²) in [5, 5.41) is 15.5. The Morgan fingerprint density at radius 3 is 2.70 bits per heavy atom. The number of piperidine rings is 1. The van der Waals surface area contributed by atoms with Crippen molar-refractivity contribution in [2.75, 3.05) is 51.7 Å². The molecule has 202 valence electrons. The molecule has 0 unspecified atom stereocenters. The number of amides is 2. The van der Waals surface area contributed by atoms with Gasteiger partial charge in [0.15, 0.2) is 0 Å². The second-order valence-corrected chi connectivity index (χ2v) is 11.0. The molecule has 1 aromatic heterocycles. The Morgan fingerprint density at radius 2 is 2.03 bits per heavy atom. The lowest BCUT2D eigenvalue weighted by Crippen LogP contribution is -2.65. The molecule has 3 heterocycles. The Bertz CT molecular complexity index is 1100. The third-order valence-electron chi connectivity index (χ3n) is 8.39. The van der Waals surface area contributed by atoms with E-state index in [1.807, 2.05) is 55.1 Å². The van der Waals surface area contributed by atoms with Crippen molar-refractivity contribution >= 4 is 11.8 Å². The second kappa shape index (κ2) is 11.2. The van der Waals surface area contributed by atoms with Gasteiger partial charge < -0.3 is 25.1 Å². The van der Waals surface area contributed by atoms with E-state index in [4.69, 9.17) is 0 Å². The number of hydrogen-bond donors (Lipinski definition) is 2. The van der Waals surface area contributed by atoms with Crippen LogP contribution in [0.25, 0.3) is 0 Å². The maximum atomic E-state index is 13.9. The van der Waals surface area contributed by atoms with E-state index in [-0.39, 0.29) is 24.2 Å².